The first-order valence-electron chi connectivity index (χ1n) is 4.63. The highest BCUT2D eigenvalue weighted by molar-refractivity contribution is 5.79. The second kappa shape index (κ2) is 8.16. The summed E-state index contributed by atoms with van der Waals surface area (Å²) in [5.41, 5.74) is 15.2. The molecule has 0 saturated heterocycles. The van der Waals surface area contributed by atoms with Gasteiger partial charge >= 0.3 is 0 Å². The zero-order chi connectivity index (χ0) is 11.7. The van der Waals surface area contributed by atoms with Crippen molar-refractivity contribution in [2.75, 3.05) is 39.4 Å². The average molecular weight is 218 g/mol. The number of hydrogen-bond donors (Lipinski definition) is 3. The van der Waals surface area contributed by atoms with Gasteiger partial charge in [0, 0.05) is 13.1 Å². The third-order valence-electron chi connectivity index (χ3n) is 1.57. The molecule has 0 atom stereocenters. The van der Waals surface area contributed by atoms with Crippen molar-refractivity contribution in [2.45, 2.75) is 0 Å². The Balaban J connectivity index is 3.79. The molecule has 0 aromatic rings. The molecule has 0 aromatic heterocycles. The van der Waals surface area contributed by atoms with E-state index in [9.17, 15) is 9.59 Å². The third kappa shape index (κ3) is 9.13. The number of amides is 2. The molecule has 6 N–H and O–H groups in total. The summed E-state index contributed by atoms with van der Waals surface area (Å²) in [6.45, 7) is 1.68. The SMILES string of the molecule is NCCOCCN(CC(N)=O)CC(N)=O. The smallest absolute Gasteiger partial charge is 0.231 e. The van der Waals surface area contributed by atoms with Gasteiger partial charge in [0.2, 0.25) is 11.8 Å². The van der Waals surface area contributed by atoms with Crippen molar-refractivity contribution in [3.8, 4) is 0 Å². The van der Waals surface area contributed by atoms with Gasteiger partial charge < -0.3 is 21.9 Å². The molecule has 7 heteroatoms. The summed E-state index contributed by atoms with van der Waals surface area (Å²) in [5, 5.41) is 0. The van der Waals surface area contributed by atoms with E-state index in [1.54, 1.807) is 0 Å². The molecule has 0 radical (unpaired) electrons. The van der Waals surface area contributed by atoms with Gasteiger partial charge in [0.1, 0.15) is 0 Å². The molecule has 88 valence electrons. The lowest BCUT2D eigenvalue weighted by Crippen LogP contribution is -2.41. The van der Waals surface area contributed by atoms with Crippen LogP contribution in [0.3, 0.4) is 0 Å². The van der Waals surface area contributed by atoms with E-state index in [-0.39, 0.29) is 13.1 Å². The fourth-order valence-electron chi connectivity index (χ4n) is 1.03. The second-order valence-corrected chi connectivity index (χ2v) is 3.04. The van der Waals surface area contributed by atoms with Crippen LogP contribution < -0.4 is 17.2 Å². The molecule has 15 heavy (non-hydrogen) atoms. The fourth-order valence-corrected chi connectivity index (χ4v) is 1.03. The summed E-state index contributed by atoms with van der Waals surface area (Å²) >= 11 is 0. The van der Waals surface area contributed by atoms with Crippen molar-refractivity contribution in [2.24, 2.45) is 17.2 Å². The molecule has 0 unspecified atom stereocenters. The monoisotopic (exact) mass is 218 g/mol. The van der Waals surface area contributed by atoms with Crippen molar-refractivity contribution in [3.63, 3.8) is 0 Å². The Morgan fingerprint density at radius 1 is 1.07 bits per heavy atom. The molecule has 0 aromatic carbocycles. The molecule has 0 saturated carbocycles. The number of rotatable bonds is 9. The Morgan fingerprint density at radius 3 is 2.00 bits per heavy atom. The third-order valence-corrected chi connectivity index (χ3v) is 1.57. The number of carbonyl (C=O) groups excluding carboxylic acids is 2. The van der Waals surface area contributed by atoms with Crippen LogP contribution in [0.15, 0.2) is 0 Å². The van der Waals surface area contributed by atoms with E-state index in [0.717, 1.165) is 0 Å². The van der Waals surface area contributed by atoms with E-state index in [1.807, 2.05) is 0 Å². The highest BCUT2D eigenvalue weighted by Gasteiger charge is 2.10. The second-order valence-electron chi connectivity index (χ2n) is 3.04. The lowest BCUT2D eigenvalue weighted by molar-refractivity contribution is -0.122. The van der Waals surface area contributed by atoms with E-state index in [1.165, 1.54) is 4.90 Å². The highest BCUT2D eigenvalue weighted by atomic mass is 16.5. The van der Waals surface area contributed by atoms with E-state index < -0.39 is 11.8 Å². The number of hydrogen-bond acceptors (Lipinski definition) is 5. The molecule has 0 rings (SSSR count). The van der Waals surface area contributed by atoms with Crippen LogP contribution in [0.5, 0.6) is 0 Å². The normalized spacial score (nSPS) is 10.5. The van der Waals surface area contributed by atoms with Crippen LogP contribution in [0, 0.1) is 0 Å². The summed E-state index contributed by atoms with van der Waals surface area (Å²) in [4.78, 5) is 22.8. The summed E-state index contributed by atoms with van der Waals surface area (Å²) in [7, 11) is 0. The summed E-state index contributed by atoms with van der Waals surface area (Å²) in [5.74, 6) is -1.01. The van der Waals surface area contributed by atoms with Gasteiger partial charge in [0.05, 0.1) is 26.3 Å². The van der Waals surface area contributed by atoms with Crippen LogP contribution in [-0.4, -0.2) is 56.1 Å². The van der Waals surface area contributed by atoms with Crippen LogP contribution >= 0.6 is 0 Å². The Morgan fingerprint density at radius 2 is 1.60 bits per heavy atom. The largest absolute Gasteiger partial charge is 0.379 e. The first kappa shape index (κ1) is 13.8. The minimum atomic E-state index is -0.505. The molecular formula is C8H18N4O3. The lowest BCUT2D eigenvalue weighted by Gasteiger charge is -2.18. The van der Waals surface area contributed by atoms with Crippen LogP contribution in [0.25, 0.3) is 0 Å². The number of carbonyl (C=O) groups is 2. The van der Waals surface area contributed by atoms with Crippen LogP contribution in [0.1, 0.15) is 0 Å². The van der Waals surface area contributed by atoms with E-state index >= 15 is 0 Å². The molecule has 7 nitrogen and oxygen atoms in total. The Labute approximate surface area is 88.5 Å². The highest BCUT2D eigenvalue weighted by Crippen LogP contribution is 1.87. The van der Waals surface area contributed by atoms with E-state index in [4.69, 9.17) is 21.9 Å². The molecule has 0 aliphatic rings. The molecule has 0 heterocycles. The Hall–Kier alpha value is -1.18. The fraction of sp³-hybridized carbons (Fsp3) is 0.750. The summed E-state index contributed by atoms with van der Waals surface area (Å²) in [6, 6.07) is 0. The van der Waals surface area contributed by atoms with Gasteiger partial charge in [0.25, 0.3) is 0 Å². The van der Waals surface area contributed by atoms with Crippen molar-refractivity contribution >= 4 is 11.8 Å². The van der Waals surface area contributed by atoms with Crippen molar-refractivity contribution in [3.05, 3.63) is 0 Å². The maximum Gasteiger partial charge on any atom is 0.231 e. The number of nitrogens with two attached hydrogens (primary N) is 3. The molecule has 0 aliphatic heterocycles. The molecule has 0 aliphatic carbocycles. The van der Waals surface area contributed by atoms with Crippen molar-refractivity contribution in [1.29, 1.82) is 0 Å². The molecule has 0 bridgehead atoms. The Kier molecular flexibility index (Phi) is 7.51. The zero-order valence-electron chi connectivity index (χ0n) is 8.65. The molecule has 0 fully saturated rings. The Bertz CT molecular complexity index is 194. The first-order chi connectivity index (χ1) is 7.06. The van der Waals surface area contributed by atoms with Crippen LogP contribution in [0.4, 0.5) is 0 Å². The van der Waals surface area contributed by atoms with Gasteiger partial charge in [-0.15, -0.1) is 0 Å². The number of ether oxygens (including phenoxy) is 1. The standard InChI is InChI=1S/C8H18N4O3/c9-1-3-15-4-2-12(5-7(10)13)6-8(11)14/h1-6,9H2,(H2,10,13)(H2,11,14). The van der Waals surface area contributed by atoms with Gasteiger partial charge in [-0.1, -0.05) is 0 Å². The maximum absolute atomic E-state index is 10.6. The average Bonchev–Trinajstić information content (AvgIpc) is 2.10. The van der Waals surface area contributed by atoms with Gasteiger partial charge in [-0.3, -0.25) is 14.5 Å². The minimum absolute atomic E-state index is 0.00503. The first-order valence-corrected chi connectivity index (χ1v) is 4.63. The maximum atomic E-state index is 10.6. The molecule has 2 amide bonds. The zero-order valence-corrected chi connectivity index (χ0v) is 8.65. The van der Waals surface area contributed by atoms with Gasteiger partial charge in [-0.25, -0.2) is 0 Å². The number of nitrogens with zero attached hydrogens (tertiary/aromatic N) is 1. The van der Waals surface area contributed by atoms with E-state index in [2.05, 4.69) is 0 Å². The van der Waals surface area contributed by atoms with Crippen LogP contribution in [0.2, 0.25) is 0 Å². The summed E-state index contributed by atoms with van der Waals surface area (Å²) in [6.07, 6.45) is 0. The van der Waals surface area contributed by atoms with Crippen LogP contribution in [-0.2, 0) is 14.3 Å². The summed E-state index contributed by atoms with van der Waals surface area (Å²) < 4.78 is 5.11. The number of primary amides is 2. The predicted octanol–water partition coefficient (Wildman–Crippen LogP) is -2.77. The van der Waals surface area contributed by atoms with Gasteiger partial charge in [-0.2, -0.15) is 0 Å². The minimum Gasteiger partial charge on any atom is -0.379 e. The van der Waals surface area contributed by atoms with E-state index in [0.29, 0.717) is 26.3 Å². The molecule has 0 spiro atoms. The van der Waals surface area contributed by atoms with Crippen molar-refractivity contribution < 1.29 is 14.3 Å². The quantitative estimate of drug-likeness (QED) is 0.361. The van der Waals surface area contributed by atoms with Gasteiger partial charge in [0.15, 0.2) is 0 Å². The van der Waals surface area contributed by atoms with Crippen molar-refractivity contribution in [1.82, 2.24) is 4.90 Å². The molecular weight excluding hydrogens is 200 g/mol. The topological polar surface area (TPSA) is 125 Å². The lowest BCUT2D eigenvalue weighted by atomic mass is 10.4. The van der Waals surface area contributed by atoms with Gasteiger partial charge in [-0.05, 0) is 0 Å². The predicted molar refractivity (Wildman–Crippen MR) is 54.7 cm³/mol.